The lowest BCUT2D eigenvalue weighted by atomic mass is 9.99. The molecule has 5 heteroatoms. The fourth-order valence-corrected chi connectivity index (χ4v) is 1.95. The van der Waals surface area contributed by atoms with Crippen molar-refractivity contribution in [2.24, 2.45) is 0 Å². The summed E-state index contributed by atoms with van der Waals surface area (Å²) >= 11 is 0. The maximum Gasteiger partial charge on any atom is 0.345 e. The number of nitrogens with zero attached hydrogens (tertiary/aromatic N) is 1. The summed E-state index contributed by atoms with van der Waals surface area (Å²) in [5.74, 6) is -1.20. The summed E-state index contributed by atoms with van der Waals surface area (Å²) < 4.78 is 0. The van der Waals surface area contributed by atoms with Crippen LogP contribution >= 0.6 is 0 Å². The zero-order chi connectivity index (χ0) is 14.0. The maximum atomic E-state index is 11.6. The second-order valence-electron chi connectivity index (χ2n) is 4.51. The zero-order valence-corrected chi connectivity index (χ0v) is 10.7. The van der Waals surface area contributed by atoms with E-state index in [2.05, 4.69) is 9.97 Å². The van der Waals surface area contributed by atoms with Crippen molar-refractivity contribution in [3.05, 3.63) is 52.1 Å². The Labute approximate surface area is 110 Å². The normalized spacial score (nSPS) is 10.7. The van der Waals surface area contributed by atoms with Crippen molar-refractivity contribution >= 4 is 5.97 Å². The van der Waals surface area contributed by atoms with E-state index < -0.39 is 11.7 Å². The smallest absolute Gasteiger partial charge is 0.345 e. The summed E-state index contributed by atoms with van der Waals surface area (Å²) in [7, 11) is 0. The number of hydrogen-bond donors (Lipinski definition) is 2. The molecule has 0 aliphatic heterocycles. The number of hydrogen-bond acceptors (Lipinski definition) is 3. The number of carboxylic acid groups (broad SMARTS) is 1. The van der Waals surface area contributed by atoms with Crippen LogP contribution in [0.5, 0.6) is 0 Å². The second-order valence-corrected chi connectivity index (χ2v) is 4.51. The molecule has 19 heavy (non-hydrogen) atoms. The molecule has 0 saturated heterocycles. The SMILES string of the molecule is CC(C)c1[nH]c(=O)nc(-c2ccccc2)c1C(=O)O. The van der Waals surface area contributed by atoms with Gasteiger partial charge in [0.15, 0.2) is 0 Å². The number of aromatic nitrogens is 2. The number of carbonyl (C=O) groups is 1. The fraction of sp³-hybridized carbons (Fsp3) is 0.214. The molecule has 0 spiro atoms. The largest absolute Gasteiger partial charge is 0.478 e. The molecule has 0 amide bonds. The minimum Gasteiger partial charge on any atom is -0.478 e. The molecule has 1 aromatic carbocycles. The quantitative estimate of drug-likeness (QED) is 0.884. The first-order valence-corrected chi connectivity index (χ1v) is 5.93. The molecule has 0 aliphatic carbocycles. The van der Waals surface area contributed by atoms with Crippen molar-refractivity contribution in [3.8, 4) is 11.3 Å². The average molecular weight is 258 g/mol. The number of carboxylic acids is 1. The van der Waals surface area contributed by atoms with E-state index in [1.54, 1.807) is 24.3 Å². The van der Waals surface area contributed by atoms with E-state index in [0.29, 0.717) is 11.3 Å². The van der Waals surface area contributed by atoms with E-state index in [9.17, 15) is 14.7 Å². The Morgan fingerprint density at radius 3 is 2.42 bits per heavy atom. The van der Waals surface area contributed by atoms with E-state index in [1.807, 2.05) is 19.9 Å². The first-order valence-electron chi connectivity index (χ1n) is 5.93. The van der Waals surface area contributed by atoms with Gasteiger partial charge in [-0.05, 0) is 5.92 Å². The van der Waals surface area contributed by atoms with Crippen LogP contribution in [0, 0.1) is 0 Å². The van der Waals surface area contributed by atoms with Gasteiger partial charge >= 0.3 is 11.7 Å². The third-order valence-electron chi connectivity index (χ3n) is 2.80. The van der Waals surface area contributed by atoms with Gasteiger partial charge in [-0.3, -0.25) is 0 Å². The van der Waals surface area contributed by atoms with Crippen LogP contribution in [0.1, 0.15) is 35.8 Å². The van der Waals surface area contributed by atoms with Crippen molar-refractivity contribution in [1.29, 1.82) is 0 Å². The number of aromatic carboxylic acids is 1. The summed E-state index contributed by atoms with van der Waals surface area (Å²) in [6.07, 6.45) is 0. The number of H-pyrrole nitrogens is 1. The van der Waals surface area contributed by atoms with Gasteiger partial charge < -0.3 is 10.1 Å². The summed E-state index contributed by atoms with van der Waals surface area (Å²) in [5, 5.41) is 9.39. The highest BCUT2D eigenvalue weighted by Crippen LogP contribution is 2.25. The molecule has 98 valence electrons. The van der Waals surface area contributed by atoms with Gasteiger partial charge in [0.1, 0.15) is 5.56 Å². The Kier molecular flexibility index (Phi) is 3.46. The molecule has 0 atom stereocenters. The Balaban J connectivity index is 2.80. The zero-order valence-electron chi connectivity index (χ0n) is 10.7. The van der Waals surface area contributed by atoms with Gasteiger partial charge in [-0.15, -0.1) is 0 Å². The fourth-order valence-electron chi connectivity index (χ4n) is 1.95. The van der Waals surface area contributed by atoms with Crippen molar-refractivity contribution in [2.75, 3.05) is 0 Å². The lowest BCUT2D eigenvalue weighted by molar-refractivity contribution is 0.0695. The lowest BCUT2D eigenvalue weighted by Crippen LogP contribution is -2.20. The average Bonchev–Trinajstić information content (AvgIpc) is 2.38. The topological polar surface area (TPSA) is 83.0 Å². The van der Waals surface area contributed by atoms with Crippen LogP contribution in [0.15, 0.2) is 35.1 Å². The maximum absolute atomic E-state index is 11.6. The van der Waals surface area contributed by atoms with E-state index in [-0.39, 0.29) is 17.2 Å². The summed E-state index contributed by atoms with van der Waals surface area (Å²) in [4.78, 5) is 29.4. The van der Waals surface area contributed by atoms with Crippen LogP contribution in [0.2, 0.25) is 0 Å². The predicted octanol–water partition coefficient (Wildman–Crippen LogP) is 2.26. The third-order valence-corrected chi connectivity index (χ3v) is 2.80. The highest BCUT2D eigenvalue weighted by molar-refractivity contribution is 5.96. The van der Waals surface area contributed by atoms with Gasteiger partial charge in [0.05, 0.1) is 5.69 Å². The van der Waals surface area contributed by atoms with Gasteiger partial charge in [-0.25, -0.2) is 9.59 Å². The second kappa shape index (κ2) is 5.06. The monoisotopic (exact) mass is 258 g/mol. The molecular formula is C14H14N2O3. The molecule has 2 rings (SSSR count). The molecule has 0 aliphatic rings. The molecular weight excluding hydrogens is 244 g/mol. The first-order chi connectivity index (χ1) is 9.00. The minimum atomic E-state index is -1.09. The van der Waals surface area contributed by atoms with Crippen LogP contribution in [0.25, 0.3) is 11.3 Å². The van der Waals surface area contributed by atoms with Crippen LogP contribution in [-0.4, -0.2) is 21.0 Å². The van der Waals surface area contributed by atoms with E-state index in [4.69, 9.17) is 0 Å². The van der Waals surface area contributed by atoms with Crippen molar-refractivity contribution in [3.63, 3.8) is 0 Å². The van der Waals surface area contributed by atoms with Crippen LogP contribution in [0.3, 0.4) is 0 Å². The molecule has 0 bridgehead atoms. The van der Waals surface area contributed by atoms with Gasteiger partial charge in [-0.2, -0.15) is 4.98 Å². The number of aromatic amines is 1. The Morgan fingerprint density at radius 2 is 1.89 bits per heavy atom. The highest BCUT2D eigenvalue weighted by atomic mass is 16.4. The minimum absolute atomic E-state index is 0.0563. The molecule has 0 unspecified atom stereocenters. The molecule has 2 aromatic rings. The molecule has 0 fully saturated rings. The first kappa shape index (κ1) is 13.0. The Hall–Kier alpha value is -2.43. The third kappa shape index (κ3) is 2.54. The van der Waals surface area contributed by atoms with Gasteiger partial charge in [0.2, 0.25) is 0 Å². The van der Waals surface area contributed by atoms with Crippen molar-refractivity contribution in [2.45, 2.75) is 19.8 Å². The molecule has 5 nitrogen and oxygen atoms in total. The van der Waals surface area contributed by atoms with E-state index >= 15 is 0 Å². The predicted molar refractivity (Wildman–Crippen MR) is 71.3 cm³/mol. The number of rotatable bonds is 3. The highest BCUT2D eigenvalue weighted by Gasteiger charge is 2.21. The summed E-state index contributed by atoms with van der Waals surface area (Å²) in [6, 6.07) is 8.84. The summed E-state index contributed by atoms with van der Waals surface area (Å²) in [6.45, 7) is 3.65. The molecule has 0 saturated carbocycles. The van der Waals surface area contributed by atoms with Crippen LogP contribution in [-0.2, 0) is 0 Å². The standard InChI is InChI=1S/C14H14N2O3/c1-8(2)11-10(13(17)18)12(16-14(19)15-11)9-6-4-3-5-7-9/h3-8H,1-2H3,(H,17,18)(H,15,16,19). The van der Waals surface area contributed by atoms with E-state index in [1.165, 1.54) is 0 Å². The van der Waals surface area contributed by atoms with Crippen molar-refractivity contribution < 1.29 is 9.90 Å². The van der Waals surface area contributed by atoms with Gasteiger partial charge in [0.25, 0.3) is 0 Å². The molecule has 2 N–H and O–H groups in total. The number of nitrogens with one attached hydrogen (secondary N) is 1. The van der Waals surface area contributed by atoms with Crippen LogP contribution < -0.4 is 5.69 Å². The van der Waals surface area contributed by atoms with Crippen molar-refractivity contribution in [1.82, 2.24) is 9.97 Å². The molecule has 1 aromatic heterocycles. The number of benzene rings is 1. The Morgan fingerprint density at radius 1 is 1.26 bits per heavy atom. The van der Waals surface area contributed by atoms with Crippen LogP contribution in [0.4, 0.5) is 0 Å². The van der Waals surface area contributed by atoms with Gasteiger partial charge in [-0.1, -0.05) is 44.2 Å². The Bertz CT molecular complexity index is 660. The summed E-state index contributed by atoms with van der Waals surface area (Å²) in [5.41, 5.74) is 0.744. The molecule has 1 heterocycles. The van der Waals surface area contributed by atoms with E-state index in [0.717, 1.165) is 0 Å². The lowest BCUT2D eigenvalue weighted by Gasteiger charge is -2.12. The molecule has 0 radical (unpaired) electrons. The van der Waals surface area contributed by atoms with Gasteiger partial charge in [0, 0.05) is 11.3 Å².